The van der Waals surface area contributed by atoms with Gasteiger partial charge in [0.1, 0.15) is 0 Å². The number of pyridine rings is 2. The minimum Gasteiger partial charge on any atom is -0.255 e. The highest BCUT2D eigenvalue weighted by Gasteiger charge is 2.16. The van der Waals surface area contributed by atoms with Gasteiger partial charge in [-0.1, -0.05) is 115 Å². The maximum absolute atomic E-state index is 4.71. The van der Waals surface area contributed by atoms with Crippen molar-refractivity contribution in [2.45, 2.75) is 6.92 Å². The maximum Gasteiger partial charge on any atom is 0.0886 e. The summed E-state index contributed by atoms with van der Waals surface area (Å²) in [6.07, 6.45) is 3.74. The molecule has 0 amide bonds. The number of aromatic nitrogens is 2. The molecule has 0 aliphatic rings. The number of hydrogen-bond donors (Lipinski definition) is 0. The Labute approximate surface area is 251 Å². The summed E-state index contributed by atoms with van der Waals surface area (Å²) in [5.74, 6) is 0. The van der Waals surface area contributed by atoms with E-state index < -0.39 is 0 Å². The number of fused-ring (bicyclic) bond motifs is 3. The number of benzene rings is 6. The molecule has 0 spiro atoms. The van der Waals surface area contributed by atoms with Crippen LogP contribution in [0, 0.1) is 6.92 Å². The molecule has 0 N–H and O–H groups in total. The molecule has 0 saturated carbocycles. The molecule has 202 valence electrons. The van der Waals surface area contributed by atoms with Crippen LogP contribution in [0.2, 0.25) is 0 Å². The molecule has 8 rings (SSSR count). The fraction of sp³-hybridized carbons (Fsp3) is 0.0244. The summed E-state index contributed by atoms with van der Waals surface area (Å²) in [6.45, 7) is 2.14. The van der Waals surface area contributed by atoms with E-state index in [-0.39, 0.29) is 0 Å². The topological polar surface area (TPSA) is 25.8 Å². The van der Waals surface area contributed by atoms with E-state index in [2.05, 4.69) is 127 Å². The lowest BCUT2D eigenvalue weighted by Gasteiger charge is -2.18. The van der Waals surface area contributed by atoms with Gasteiger partial charge < -0.3 is 0 Å². The Kier molecular flexibility index (Phi) is 6.05. The number of hydrogen-bond acceptors (Lipinski definition) is 2. The summed E-state index contributed by atoms with van der Waals surface area (Å²) in [7, 11) is 0. The quantitative estimate of drug-likeness (QED) is 0.204. The normalized spacial score (nSPS) is 11.4. The van der Waals surface area contributed by atoms with Crippen molar-refractivity contribution in [1.29, 1.82) is 0 Å². The van der Waals surface area contributed by atoms with Crippen LogP contribution in [0.5, 0.6) is 0 Å². The van der Waals surface area contributed by atoms with Gasteiger partial charge >= 0.3 is 0 Å². The van der Waals surface area contributed by atoms with Crippen molar-refractivity contribution in [3.8, 4) is 44.8 Å². The van der Waals surface area contributed by atoms with Crippen molar-refractivity contribution < 1.29 is 0 Å². The third-order valence-electron chi connectivity index (χ3n) is 8.42. The van der Waals surface area contributed by atoms with Gasteiger partial charge in [-0.3, -0.25) is 9.97 Å². The highest BCUT2D eigenvalue weighted by atomic mass is 14.8. The van der Waals surface area contributed by atoms with Crippen LogP contribution >= 0.6 is 0 Å². The second-order valence-electron chi connectivity index (χ2n) is 11.1. The Morgan fingerprint density at radius 2 is 0.930 bits per heavy atom. The smallest absolute Gasteiger partial charge is 0.0886 e. The highest BCUT2D eigenvalue weighted by molar-refractivity contribution is 6.21. The molecule has 0 aliphatic heterocycles. The molecule has 6 aromatic carbocycles. The minimum absolute atomic E-state index is 0.875. The van der Waals surface area contributed by atoms with Crippen molar-refractivity contribution in [1.82, 2.24) is 9.97 Å². The molecule has 0 radical (unpaired) electrons. The Morgan fingerprint density at radius 3 is 1.53 bits per heavy atom. The van der Waals surface area contributed by atoms with Gasteiger partial charge in [-0.15, -0.1) is 0 Å². The molecule has 0 bridgehead atoms. The molecule has 2 nitrogen and oxygen atoms in total. The van der Waals surface area contributed by atoms with E-state index in [0.717, 1.165) is 22.5 Å². The molecular weight excluding hydrogens is 520 g/mol. The SMILES string of the molecule is Cc1ccc(-c2c3ccccc3c(-c3ccc4ccc(-c5ccc(-c6ccccn6)nc5)cc4c3)c3ccccc23)cc1. The van der Waals surface area contributed by atoms with E-state index in [4.69, 9.17) is 4.98 Å². The molecule has 2 heterocycles. The van der Waals surface area contributed by atoms with Gasteiger partial charge in [0, 0.05) is 18.0 Å². The zero-order valence-electron chi connectivity index (χ0n) is 23.8. The fourth-order valence-electron chi connectivity index (χ4n) is 6.28. The van der Waals surface area contributed by atoms with Crippen molar-refractivity contribution in [3.63, 3.8) is 0 Å². The fourth-order valence-corrected chi connectivity index (χ4v) is 6.28. The van der Waals surface area contributed by atoms with E-state index in [1.54, 1.807) is 6.20 Å². The van der Waals surface area contributed by atoms with Gasteiger partial charge in [-0.2, -0.15) is 0 Å². The van der Waals surface area contributed by atoms with Crippen LogP contribution in [-0.4, -0.2) is 9.97 Å². The number of rotatable bonds is 4. The molecule has 0 fully saturated rings. The highest BCUT2D eigenvalue weighted by Crippen LogP contribution is 2.44. The average Bonchev–Trinajstić information content (AvgIpc) is 3.07. The molecule has 2 heteroatoms. The van der Waals surface area contributed by atoms with Crippen LogP contribution < -0.4 is 0 Å². The zero-order valence-corrected chi connectivity index (χ0v) is 23.8. The van der Waals surface area contributed by atoms with Gasteiger partial charge in [-0.05, 0) is 97.4 Å². The van der Waals surface area contributed by atoms with Gasteiger partial charge in [0.2, 0.25) is 0 Å². The largest absolute Gasteiger partial charge is 0.255 e. The summed E-state index contributed by atoms with van der Waals surface area (Å²) in [6, 6.07) is 50.2. The summed E-state index contributed by atoms with van der Waals surface area (Å²) in [5.41, 5.74) is 10.3. The van der Waals surface area contributed by atoms with Crippen molar-refractivity contribution in [2.75, 3.05) is 0 Å². The standard InChI is InChI=1S/C41H28N2/c1-27-13-15-29(16-14-27)40-34-8-2-4-10-36(34)41(37-11-5-3-9-35(37)40)31-20-18-28-17-19-30(24-33(28)25-31)32-21-22-39(43-26-32)38-12-6-7-23-42-38/h2-26H,1H3. The first-order valence-corrected chi connectivity index (χ1v) is 14.7. The van der Waals surface area contributed by atoms with Crippen LogP contribution in [0.1, 0.15) is 5.56 Å². The van der Waals surface area contributed by atoms with E-state index in [1.807, 2.05) is 30.5 Å². The van der Waals surface area contributed by atoms with Crippen molar-refractivity contribution in [3.05, 3.63) is 157 Å². The molecule has 43 heavy (non-hydrogen) atoms. The van der Waals surface area contributed by atoms with Crippen LogP contribution in [0.4, 0.5) is 0 Å². The summed E-state index contributed by atoms with van der Waals surface area (Å²) in [4.78, 5) is 9.15. The monoisotopic (exact) mass is 548 g/mol. The number of nitrogens with zero attached hydrogens (tertiary/aromatic N) is 2. The lowest BCUT2D eigenvalue weighted by molar-refractivity contribution is 1.25. The zero-order chi connectivity index (χ0) is 28.8. The third-order valence-corrected chi connectivity index (χ3v) is 8.42. The Hall–Kier alpha value is -5.60. The first-order chi connectivity index (χ1) is 21.2. The number of aryl methyl sites for hydroxylation is 1. The summed E-state index contributed by atoms with van der Waals surface area (Å²) < 4.78 is 0. The average molecular weight is 549 g/mol. The third kappa shape index (κ3) is 4.45. The van der Waals surface area contributed by atoms with Crippen LogP contribution in [0.3, 0.4) is 0 Å². The summed E-state index contributed by atoms with van der Waals surface area (Å²) in [5, 5.41) is 7.50. The summed E-state index contributed by atoms with van der Waals surface area (Å²) >= 11 is 0. The molecule has 0 saturated heterocycles. The lowest BCUT2D eigenvalue weighted by atomic mass is 9.85. The van der Waals surface area contributed by atoms with Crippen LogP contribution in [0.25, 0.3) is 77.1 Å². The van der Waals surface area contributed by atoms with Crippen LogP contribution in [0.15, 0.2) is 152 Å². The second kappa shape index (κ2) is 10.3. The maximum atomic E-state index is 4.71. The van der Waals surface area contributed by atoms with E-state index in [0.29, 0.717) is 0 Å². The lowest BCUT2D eigenvalue weighted by Crippen LogP contribution is -1.91. The van der Waals surface area contributed by atoms with Crippen molar-refractivity contribution in [2.24, 2.45) is 0 Å². The van der Waals surface area contributed by atoms with Gasteiger partial charge in [0.05, 0.1) is 11.4 Å². The van der Waals surface area contributed by atoms with E-state index >= 15 is 0 Å². The molecular formula is C41H28N2. The Morgan fingerprint density at radius 1 is 0.395 bits per heavy atom. The first-order valence-electron chi connectivity index (χ1n) is 14.7. The van der Waals surface area contributed by atoms with Gasteiger partial charge in [-0.25, -0.2) is 0 Å². The molecule has 0 aliphatic carbocycles. The minimum atomic E-state index is 0.875. The van der Waals surface area contributed by atoms with Crippen molar-refractivity contribution >= 4 is 32.3 Å². The molecule has 8 aromatic rings. The Balaban J connectivity index is 1.29. The van der Waals surface area contributed by atoms with Gasteiger partial charge in [0.15, 0.2) is 0 Å². The second-order valence-corrected chi connectivity index (χ2v) is 11.1. The molecule has 0 atom stereocenters. The Bertz CT molecular complexity index is 2210. The molecule has 0 unspecified atom stereocenters. The predicted molar refractivity (Wildman–Crippen MR) is 181 cm³/mol. The van der Waals surface area contributed by atoms with Gasteiger partial charge in [0.25, 0.3) is 0 Å². The predicted octanol–water partition coefficient (Wildman–Crippen LogP) is 10.9. The first kappa shape index (κ1) is 25.1. The van der Waals surface area contributed by atoms with Crippen LogP contribution in [-0.2, 0) is 0 Å². The van der Waals surface area contributed by atoms with E-state index in [9.17, 15) is 0 Å². The molecule has 2 aromatic heterocycles. The van der Waals surface area contributed by atoms with E-state index in [1.165, 1.54) is 60.1 Å².